The van der Waals surface area contributed by atoms with E-state index in [1.807, 2.05) is 4.90 Å². The van der Waals surface area contributed by atoms with Crippen LogP contribution in [0.15, 0.2) is 6.20 Å². The number of carbonyl (C=O) groups is 1. The number of nitrogens with one attached hydrogen (secondary N) is 1. The summed E-state index contributed by atoms with van der Waals surface area (Å²) in [6.07, 6.45) is 4.89. The molecule has 108 valence electrons. The summed E-state index contributed by atoms with van der Waals surface area (Å²) < 4.78 is 1.78. The van der Waals surface area contributed by atoms with Crippen molar-refractivity contribution in [3.8, 4) is 0 Å². The van der Waals surface area contributed by atoms with Gasteiger partial charge in [-0.25, -0.2) is 4.68 Å². The van der Waals surface area contributed by atoms with Gasteiger partial charge in [0.25, 0.3) is 5.91 Å². The predicted molar refractivity (Wildman–Crippen MR) is 70.1 cm³/mol. The van der Waals surface area contributed by atoms with E-state index in [2.05, 4.69) is 15.6 Å². The highest BCUT2D eigenvalue weighted by molar-refractivity contribution is 5.92. The summed E-state index contributed by atoms with van der Waals surface area (Å²) >= 11 is 0. The molecule has 0 radical (unpaired) electrons. The molecule has 4 rings (SSSR count). The van der Waals surface area contributed by atoms with Crippen LogP contribution < -0.4 is 5.32 Å². The van der Waals surface area contributed by atoms with Crippen molar-refractivity contribution >= 4 is 5.91 Å². The van der Waals surface area contributed by atoms with E-state index in [0.717, 1.165) is 25.9 Å². The highest BCUT2D eigenvalue weighted by atomic mass is 16.3. The SMILES string of the molecule is O=C(c1cn(C2CNC2)nn1)N1C2CCC1CC(O)C2. The van der Waals surface area contributed by atoms with Crippen LogP contribution in [-0.4, -0.2) is 62.2 Å². The van der Waals surface area contributed by atoms with Gasteiger partial charge in [-0.05, 0) is 25.7 Å². The van der Waals surface area contributed by atoms with Crippen molar-refractivity contribution in [1.29, 1.82) is 0 Å². The Morgan fingerprint density at radius 2 is 1.95 bits per heavy atom. The first-order valence-corrected chi connectivity index (χ1v) is 7.35. The number of hydrogen-bond acceptors (Lipinski definition) is 5. The molecule has 7 heteroatoms. The lowest BCUT2D eigenvalue weighted by Crippen LogP contribution is -2.48. The molecule has 0 aromatic carbocycles. The molecule has 2 atom stereocenters. The van der Waals surface area contributed by atoms with Crippen molar-refractivity contribution in [2.24, 2.45) is 0 Å². The maximum absolute atomic E-state index is 12.6. The van der Waals surface area contributed by atoms with Crippen molar-refractivity contribution in [2.45, 2.75) is 49.9 Å². The van der Waals surface area contributed by atoms with Crippen LogP contribution in [0.2, 0.25) is 0 Å². The normalized spacial score (nSPS) is 33.2. The maximum Gasteiger partial charge on any atom is 0.276 e. The van der Waals surface area contributed by atoms with Crippen LogP contribution in [0, 0.1) is 0 Å². The van der Waals surface area contributed by atoms with Crippen molar-refractivity contribution in [2.75, 3.05) is 13.1 Å². The molecule has 3 aliphatic rings. The van der Waals surface area contributed by atoms with Crippen molar-refractivity contribution in [3.63, 3.8) is 0 Å². The number of aliphatic hydroxyl groups is 1. The van der Waals surface area contributed by atoms with Gasteiger partial charge in [-0.2, -0.15) is 0 Å². The zero-order chi connectivity index (χ0) is 13.7. The number of nitrogens with zero attached hydrogens (tertiary/aromatic N) is 4. The van der Waals surface area contributed by atoms with E-state index in [-0.39, 0.29) is 24.1 Å². The smallest absolute Gasteiger partial charge is 0.276 e. The zero-order valence-electron chi connectivity index (χ0n) is 11.3. The fraction of sp³-hybridized carbons (Fsp3) is 0.769. The lowest BCUT2D eigenvalue weighted by Gasteiger charge is -2.36. The molecule has 0 spiro atoms. The number of piperidine rings is 1. The molecule has 4 heterocycles. The number of amides is 1. The van der Waals surface area contributed by atoms with Crippen LogP contribution in [0.4, 0.5) is 0 Å². The van der Waals surface area contributed by atoms with Crippen molar-refractivity contribution < 1.29 is 9.90 Å². The maximum atomic E-state index is 12.6. The monoisotopic (exact) mass is 277 g/mol. The van der Waals surface area contributed by atoms with Gasteiger partial charge < -0.3 is 15.3 Å². The molecular weight excluding hydrogens is 258 g/mol. The molecule has 3 saturated heterocycles. The van der Waals surface area contributed by atoms with Gasteiger partial charge in [0.15, 0.2) is 5.69 Å². The molecule has 2 N–H and O–H groups in total. The highest BCUT2D eigenvalue weighted by Crippen LogP contribution is 2.36. The summed E-state index contributed by atoms with van der Waals surface area (Å²) in [4.78, 5) is 14.6. The average Bonchev–Trinajstić information content (AvgIpc) is 2.91. The zero-order valence-corrected chi connectivity index (χ0v) is 11.3. The first-order valence-electron chi connectivity index (χ1n) is 7.35. The van der Waals surface area contributed by atoms with E-state index < -0.39 is 0 Å². The predicted octanol–water partition coefficient (Wildman–Crippen LogP) is -0.450. The fourth-order valence-electron chi connectivity index (χ4n) is 3.63. The molecule has 7 nitrogen and oxygen atoms in total. The van der Waals surface area contributed by atoms with Crippen LogP contribution in [0.3, 0.4) is 0 Å². The second kappa shape index (κ2) is 4.53. The van der Waals surface area contributed by atoms with E-state index in [1.165, 1.54) is 0 Å². The molecule has 1 aromatic rings. The fourth-order valence-corrected chi connectivity index (χ4v) is 3.63. The van der Waals surface area contributed by atoms with Gasteiger partial charge in [-0.3, -0.25) is 4.79 Å². The Morgan fingerprint density at radius 1 is 1.25 bits per heavy atom. The number of aromatic nitrogens is 3. The van der Waals surface area contributed by atoms with Gasteiger partial charge >= 0.3 is 0 Å². The van der Waals surface area contributed by atoms with E-state index in [4.69, 9.17) is 0 Å². The Morgan fingerprint density at radius 3 is 2.55 bits per heavy atom. The van der Waals surface area contributed by atoms with Crippen LogP contribution in [0.1, 0.15) is 42.2 Å². The molecule has 0 aliphatic carbocycles. The van der Waals surface area contributed by atoms with Gasteiger partial charge in [0.05, 0.1) is 18.3 Å². The van der Waals surface area contributed by atoms with Gasteiger partial charge in [-0.15, -0.1) is 5.10 Å². The average molecular weight is 277 g/mol. The third-order valence-corrected chi connectivity index (χ3v) is 4.81. The summed E-state index contributed by atoms with van der Waals surface area (Å²) in [5.74, 6) is -0.0251. The first-order chi connectivity index (χ1) is 9.72. The van der Waals surface area contributed by atoms with Crippen molar-refractivity contribution in [3.05, 3.63) is 11.9 Å². The van der Waals surface area contributed by atoms with Crippen LogP contribution in [0.5, 0.6) is 0 Å². The summed E-state index contributed by atoms with van der Waals surface area (Å²) in [7, 11) is 0. The van der Waals surface area contributed by atoms with E-state index in [9.17, 15) is 9.90 Å². The minimum absolute atomic E-state index is 0.0251. The van der Waals surface area contributed by atoms with E-state index >= 15 is 0 Å². The van der Waals surface area contributed by atoms with Crippen LogP contribution >= 0.6 is 0 Å². The lowest BCUT2D eigenvalue weighted by atomic mass is 9.99. The molecule has 20 heavy (non-hydrogen) atoms. The number of aliphatic hydroxyl groups excluding tert-OH is 1. The molecule has 0 saturated carbocycles. The number of fused-ring (bicyclic) bond motifs is 2. The first kappa shape index (κ1) is 12.3. The molecule has 2 bridgehead atoms. The van der Waals surface area contributed by atoms with Gasteiger partial charge in [0.2, 0.25) is 0 Å². The minimum atomic E-state index is -0.256. The Labute approximate surface area is 116 Å². The molecule has 1 aromatic heterocycles. The second-order valence-electron chi connectivity index (χ2n) is 6.12. The molecule has 3 aliphatic heterocycles. The highest BCUT2D eigenvalue weighted by Gasteiger charge is 2.43. The van der Waals surface area contributed by atoms with Gasteiger partial charge in [0.1, 0.15) is 0 Å². The Kier molecular flexibility index (Phi) is 2.78. The molecule has 1 amide bonds. The van der Waals surface area contributed by atoms with E-state index in [1.54, 1.807) is 10.9 Å². The molecule has 3 fully saturated rings. The Hall–Kier alpha value is -1.47. The molecule has 2 unspecified atom stereocenters. The Balaban J connectivity index is 1.53. The van der Waals surface area contributed by atoms with Gasteiger partial charge in [0, 0.05) is 25.2 Å². The quantitative estimate of drug-likeness (QED) is 0.765. The minimum Gasteiger partial charge on any atom is -0.393 e. The summed E-state index contributed by atoms with van der Waals surface area (Å²) in [5, 5.41) is 21.1. The third kappa shape index (κ3) is 1.84. The largest absolute Gasteiger partial charge is 0.393 e. The molecular formula is C13H19N5O2. The van der Waals surface area contributed by atoms with Crippen molar-refractivity contribution in [1.82, 2.24) is 25.2 Å². The summed E-state index contributed by atoms with van der Waals surface area (Å²) in [5.41, 5.74) is 0.435. The van der Waals surface area contributed by atoms with E-state index in [0.29, 0.717) is 24.6 Å². The number of rotatable bonds is 2. The second-order valence-corrected chi connectivity index (χ2v) is 6.12. The van der Waals surface area contributed by atoms with Gasteiger partial charge in [-0.1, -0.05) is 5.21 Å². The van der Waals surface area contributed by atoms with Crippen LogP contribution in [0.25, 0.3) is 0 Å². The van der Waals surface area contributed by atoms with Crippen LogP contribution in [-0.2, 0) is 0 Å². The topological polar surface area (TPSA) is 83.3 Å². The summed E-state index contributed by atoms with van der Waals surface area (Å²) in [6, 6.07) is 0.669. The number of hydrogen-bond donors (Lipinski definition) is 2. The third-order valence-electron chi connectivity index (χ3n) is 4.81. The number of carbonyl (C=O) groups excluding carboxylic acids is 1. The lowest BCUT2D eigenvalue weighted by molar-refractivity contribution is 0.0282. The standard InChI is InChI=1S/C13H19N5O2/c19-11-3-8-1-2-9(4-11)18(8)13(20)12-7-17(16-15-12)10-5-14-6-10/h7-11,14,19H,1-6H2. The Bertz CT molecular complexity index is 513. The summed E-state index contributed by atoms with van der Waals surface area (Å²) in [6.45, 7) is 1.77.